The molecule has 0 atom stereocenters. The van der Waals surface area contributed by atoms with Gasteiger partial charge in [0.15, 0.2) is 0 Å². The van der Waals surface area contributed by atoms with Crippen molar-refractivity contribution in [3.05, 3.63) is 92.5 Å². The summed E-state index contributed by atoms with van der Waals surface area (Å²) in [7, 11) is 1.22. The number of hydrogen-bond acceptors (Lipinski definition) is 6. The molecule has 13 heteroatoms. The molecule has 208 valence electrons. The molecule has 0 aromatic heterocycles. The number of imide groups is 1. The molecule has 1 saturated heterocycles. The minimum Gasteiger partial charge on any atom is -0.495 e. The number of alkyl halides is 3. The molecule has 0 radical (unpaired) electrons. The highest BCUT2D eigenvalue weighted by molar-refractivity contribution is 9.10. The van der Waals surface area contributed by atoms with Gasteiger partial charge in [-0.25, -0.2) is 4.39 Å². The van der Waals surface area contributed by atoms with Crippen molar-refractivity contribution in [3.8, 4) is 11.5 Å². The number of ether oxygens (including phenoxy) is 2. The Morgan fingerprint density at radius 3 is 2.42 bits per heavy atom. The van der Waals surface area contributed by atoms with Crippen LogP contribution in [0.4, 0.5) is 28.0 Å². The quantitative estimate of drug-likeness (QED) is 0.214. The SMILES string of the molecule is COc1ccc(C(F)(F)F)cc1NC(=O)CN1C(=O)S/C(=C\c2cc(Br)ccc2OCc2ccc(F)cc2)C1=O. The molecule has 0 bridgehead atoms. The molecule has 1 aliphatic heterocycles. The Morgan fingerprint density at radius 2 is 1.75 bits per heavy atom. The van der Waals surface area contributed by atoms with Crippen LogP contribution in [-0.4, -0.2) is 35.6 Å². The third-order valence-electron chi connectivity index (χ3n) is 5.54. The van der Waals surface area contributed by atoms with Crippen LogP contribution in [0.1, 0.15) is 16.7 Å². The predicted octanol–water partition coefficient (Wildman–Crippen LogP) is 6.87. The molecule has 0 unspecified atom stereocenters. The zero-order chi connectivity index (χ0) is 29.0. The molecule has 3 amide bonds. The molecule has 0 aliphatic carbocycles. The molecule has 1 N–H and O–H groups in total. The van der Waals surface area contributed by atoms with Gasteiger partial charge in [0.25, 0.3) is 11.1 Å². The van der Waals surface area contributed by atoms with Crippen LogP contribution < -0.4 is 14.8 Å². The van der Waals surface area contributed by atoms with Crippen LogP contribution in [0.2, 0.25) is 0 Å². The lowest BCUT2D eigenvalue weighted by Crippen LogP contribution is -2.36. The van der Waals surface area contributed by atoms with E-state index in [1.165, 1.54) is 25.3 Å². The van der Waals surface area contributed by atoms with Gasteiger partial charge in [0.05, 0.1) is 23.3 Å². The summed E-state index contributed by atoms with van der Waals surface area (Å²) in [5.74, 6) is -1.68. The molecule has 7 nitrogen and oxygen atoms in total. The zero-order valence-corrected chi connectivity index (χ0v) is 23.0. The summed E-state index contributed by atoms with van der Waals surface area (Å²) in [6, 6.07) is 13.3. The number of nitrogens with one attached hydrogen (secondary N) is 1. The van der Waals surface area contributed by atoms with Gasteiger partial charge in [0.1, 0.15) is 30.5 Å². The van der Waals surface area contributed by atoms with E-state index in [2.05, 4.69) is 21.2 Å². The van der Waals surface area contributed by atoms with Crippen molar-refractivity contribution in [2.24, 2.45) is 0 Å². The predicted molar refractivity (Wildman–Crippen MR) is 144 cm³/mol. The fraction of sp³-hybridized carbons (Fsp3) is 0.148. The average Bonchev–Trinajstić information content (AvgIpc) is 3.15. The maximum absolute atomic E-state index is 13.2. The molecule has 1 heterocycles. The van der Waals surface area contributed by atoms with Crippen molar-refractivity contribution in [1.82, 2.24) is 4.90 Å². The lowest BCUT2D eigenvalue weighted by Gasteiger charge is -2.16. The largest absolute Gasteiger partial charge is 0.495 e. The minimum absolute atomic E-state index is 0.0131. The summed E-state index contributed by atoms with van der Waals surface area (Å²) in [5, 5.41) is 1.54. The van der Waals surface area contributed by atoms with E-state index in [1.54, 1.807) is 30.3 Å². The van der Waals surface area contributed by atoms with Crippen molar-refractivity contribution >= 4 is 56.5 Å². The standard InChI is InChI=1S/C27H19BrF4N2O5S/c1-38-22-8-4-17(27(30,31)32)12-20(22)33-24(35)13-34-25(36)23(40-26(34)37)11-16-10-18(28)5-9-21(16)39-14-15-2-6-19(29)7-3-15/h2-12H,13-14H2,1H3,(H,33,35)/b23-11-. The van der Waals surface area contributed by atoms with Crippen molar-refractivity contribution < 1.29 is 41.4 Å². The highest BCUT2D eigenvalue weighted by Crippen LogP contribution is 2.37. The second-order valence-corrected chi connectivity index (χ2v) is 10.2. The number of hydrogen-bond donors (Lipinski definition) is 1. The smallest absolute Gasteiger partial charge is 0.416 e. The Kier molecular flexibility index (Phi) is 8.84. The van der Waals surface area contributed by atoms with Gasteiger partial charge in [-0.05, 0) is 71.9 Å². The van der Waals surface area contributed by atoms with Crippen LogP contribution in [0.15, 0.2) is 70.0 Å². The Balaban J connectivity index is 1.49. The first-order chi connectivity index (χ1) is 18.9. The van der Waals surface area contributed by atoms with Crippen molar-refractivity contribution in [2.45, 2.75) is 12.8 Å². The number of rotatable bonds is 8. The second kappa shape index (κ2) is 12.1. The number of amides is 3. The molecule has 1 aliphatic rings. The molecule has 4 rings (SSSR count). The first-order valence-corrected chi connectivity index (χ1v) is 13.0. The Hall–Kier alpha value is -3.84. The minimum atomic E-state index is -4.66. The molecule has 1 fully saturated rings. The number of carbonyl (C=O) groups excluding carboxylic acids is 3. The number of methoxy groups -OCH3 is 1. The van der Waals surface area contributed by atoms with Crippen molar-refractivity contribution in [2.75, 3.05) is 19.0 Å². The van der Waals surface area contributed by atoms with Gasteiger partial charge >= 0.3 is 6.18 Å². The van der Waals surface area contributed by atoms with Crippen LogP contribution in [0.3, 0.4) is 0 Å². The van der Waals surface area contributed by atoms with Gasteiger partial charge in [-0.3, -0.25) is 19.3 Å². The normalized spacial score (nSPS) is 14.6. The number of thioether (sulfide) groups is 1. The number of halogens is 5. The van der Waals surface area contributed by atoms with E-state index < -0.39 is 35.3 Å². The van der Waals surface area contributed by atoms with Crippen LogP contribution in [0, 0.1) is 5.82 Å². The summed E-state index contributed by atoms with van der Waals surface area (Å²) in [4.78, 5) is 38.9. The molecule has 3 aromatic carbocycles. The van der Waals surface area contributed by atoms with E-state index in [1.807, 2.05) is 0 Å². The molecule has 0 saturated carbocycles. The van der Waals surface area contributed by atoms with E-state index in [4.69, 9.17) is 9.47 Å². The van der Waals surface area contributed by atoms with Gasteiger partial charge in [0, 0.05) is 10.0 Å². The van der Waals surface area contributed by atoms with Crippen LogP contribution in [0.5, 0.6) is 11.5 Å². The fourth-order valence-corrected chi connectivity index (χ4v) is 4.81. The molecular weight excluding hydrogens is 620 g/mol. The van der Waals surface area contributed by atoms with Crippen LogP contribution in [0.25, 0.3) is 6.08 Å². The highest BCUT2D eigenvalue weighted by Gasteiger charge is 2.37. The summed E-state index contributed by atoms with van der Waals surface area (Å²) < 4.78 is 64.0. The number of carbonyl (C=O) groups is 3. The lowest BCUT2D eigenvalue weighted by molar-refractivity contribution is -0.137. The second-order valence-electron chi connectivity index (χ2n) is 8.33. The first-order valence-electron chi connectivity index (χ1n) is 11.4. The Labute approximate surface area is 238 Å². The van der Waals surface area contributed by atoms with E-state index in [9.17, 15) is 31.9 Å². The highest BCUT2D eigenvalue weighted by atomic mass is 79.9. The number of nitrogens with zero attached hydrogens (tertiary/aromatic N) is 1. The van der Waals surface area contributed by atoms with E-state index in [0.29, 0.717) is 44.1 Å². The Morgan fingerprint density at radius 1 is 1.05 bits per heavy atom. The lowest BCUT2D eigenvalue weighted by atomic mass is 10.1. The molecular formula is C27H19BrF4N2O5S. The van der Waals surface area contributed by atoms with Gasteiger partial charge in [0.2, 0.25) is 5.91 Å². The van der Waals surface area contributed by atoms with Crippen molar-refractivity contribution in [3.63, 3.8) is 0 Å². The summed E-state index contributed by atoms with van der Waals surface area (Å²) in [6.45, 7) is -0.614. The fourth-order valence-electron chi connectivity index (χ4n) is 3.60. The topological polar surface area (TPSA) is 84.9 Å². The number of benzene rings is 3. The number of anilines is 1. The van der Waals surface area contributed by atoms with Crippen LogP contribution in [-0.2, 0) is 22.4 Å². The summed E-state index contributed by atoms with van der Waals surface area (Å²) >= 11 is 3.95. The van der Waals surface area contributed by atoms with Gasteiger partial charge in [-0.2, -0.15) is 13.2 Å². The maximum Gasteiger partial charge on any atom is 0.416 e. The third kappa shape index (κ3) is 7.02. The van der Waals surface area contributed by atoms with E-state index in [-0.39, 0.29) is 28.8 Å². The monoisotopic (exact) mass is 638 g/mol. The van der Waals surface area contributed by atoms with Gasteiger partial charge < -0.3 is 14.8 Å². The zero-order valence-electron chi connectivity index (χ0n) is 20.6. The molecule has 3 aromatic rings. The van der Waals surface area contributed by atoms with Gasteiger partial charge in [-0.1, -0.05) is 28.1 Å². The summed E-state index contributed by atoms with van der Waals surface area (Å²) in [5.41, 5.74) is -0.106. The molecule has 40 heavy (non-hydrogen) atoms. The van der Waals surface area contributed by atoms with E-state index >= 15 is 0 Å². The first kappa shape index (κ1) is 29.2. The van der Waals surface area contributed by atoms with Crippen LogP contribution >= 0.6 is 27.7 Å². The summed E-state index contributed by atoms with van der Waals surface area (Å²) in [6.07, 6.45) is -3.22. The average molecular weight is 639 g/mol. The van der Waals surface area contributed by atoms with Gasteiger partial charge in [-0.15, -0.1) is 0 Å². The Bertz CT molecular complexity index is 1500. The third-order valence-corrected chi connectivity index (χ3v) is 6.94. The molecule has 0 spiro atoms. The van der Waals surface area contributed by atoms with Crippen molar-refractivity contribution in [1.29, 1.82) is 0 Å². The van der Waals surface area contributed by atoms with E-state index in [0.717, 1.165) is 12.1 Å². The maximum atomic E-state index is 13.2.